The Morgan fingerprint density at radius 2 is 1.77 bits per heavy atom. The fourth-order valence-electron chi connectivity index (χ4n) is 4.34. The van der Waals surface area contributed by atoms with Gasteiger partial charge in [0.1, 0.15) is 12.3 Å². The highest BCUT2D eigenvalue weighted by Crippen LogP contribution is 2.11. The number of hydrogen-bond donors (Lipinski definition) is 2. The monoisotopic (exact) mass is 304 g/mol. The third-order valence-electron chi connectivity index (χ3n) is 5.69. The summed E-state index contributed by atoms with van der Waals surface area (Å²) < 4.78 is 5.24. The van der Waals surface area contributed by atoms with Gasteiger partial charge in [-0.05, 0) is 37.1 Å². The number of piperidine rings is 2. The molecule has 1 aromatic carbocycles. The summed E-state index contributed by atoms with van der Waals surface area (Å²) in [5.41, 5.74) is 1.44. The van der Waals surface area contributed by atoms with Crippen LogP contribution in [-0.2, 0) is 6.54 Å². The van der Waals surface area contributed by atoms with Gasteiger partial charge in [-0.3, -0.25) is 0 Å². The van der Waals surface area contributed by atoms with Crippen LogP contribution in [0.15, 0.2) is 24.3 Å². The van der Waals surface area contributed by atoms with Gasteiger partial charge >= 0.3 is 0 Å². The average molecular weight is 304 g/mol. The van der Waals surface area contributed by atoms with Crippen molar-refractivity contribution >= 4 is 0 Å². The van der Waals surface area contributed by atoms with Crippen LogP contribution in [-0.4, -0.2) is 39.3 Å². The minimum absolute atomic E-state index is 0.933. The molecule has 0 bridgehead atoms. The van der Waals surface area contributed by atoms with Crippen molar-refractivity contribution in [2.75, 3.05) is 33.3 Å². The van der Waals surface area contributed by atoms with Crippen LogP contribution < -0.4 is 14.5 Å². The Balaban J connectivity index is 1.46. The number of hydrogen-bond acceptors (Lipinski definition) is 1. The molecular weight excluding hydrogens is 272 g/mol. The molecule has 2 unspecified atom stereocenters. The van der Waals surface area contributed by atoms with Gasteiger partial charge in [0.2, 0.25) is 0 Å². The number of nitrogens with one attached hydrogen (secondary N) is 2. The van der Waals surface area contributed by atoms with Gasteiger partial charge in [-0.2, -0.15) is 0 Å². The second-order valence-corrected chi connectivity index (χ2v) is 7.41. The SMILES string of the molecule is COc1ccc(C[NH+]2CCC([NH+]3CCCC(C)C3)CC2)cc1. The lowest BCUT2D eigenvalue weighted by molar-refractivity contribution is -0.967. The van der Waals surface area contributed by atoms with E-state index in [-0.39, 0.29) is 0 Å². The van der Waals surface area contributed by atoms with Gasteiger partial charge in [-0.1, -0.05) is 6.92 Å². The molecule has 1 aromatic rings. The van der Waals surface area contributed by atoms with Gasteiger partial charge in [0.25, 0.3) is 0 Å². The zero-order valence-corrected chi connectivity index (χ0v) is 14.2. The van der Waals surface area contributed by atoms with Crippen molar-refractivity contribution in [1.82, 2.24) is 0 Å². The van der Waals surface area contributed by atoms with E-state index in [9.17, 15) is 0 Å². The van der Waals surface area contributed by atoms with E-state index < -0.39 is 0 Å². The van der Waals surface area contributed by atoms with Crippen LogP contribution >= 0.6 is 0 Å². The fourth-order valence-corrected chi connectivity index (χ4v) is 4.34. The summed E-state index contributed by atoms with van der Waals surface area (Å²) in [5.74, 6) is 1.90. The molecule has 0 spiro atoms. The molecule has 2 aliphatic heterocycles. The summed E-state index contributed by atoms with van der Waals surface area (Å²) >= 11 is 0. The third-order valence-corrected chi connectivity index (χ3v) is 5.69. The molecule has 22 heavy (non-hydrogen) atoms. The van der Waals surface area contributed by atoms with E-state index in [1.54, 1.807) is 12.0 Å². The number of quaternary nitrogens is 2. The second-order valence-electron chi connectivity index (χ2n) is 7.41. The summed E-state index contributed by atoms with van der Waals surface area (Å²) in [5, 5.41) is 0. The average Bonchev–Trinajstić information content (AvgIpc) is 2.56. The molecule has 122 valence electrons. The van der Waals surface area contributed by atoms with E-state index in [0.717, 1.165) is 17.7 Å². The molecule has 0 radical (unpaired) electrons. The first-order chi connectivity index (χ1) is 10.7. The maximum atomic E-state index is 5.24. The molecule has 0 aromatic heterocycles. The maximum absolute atomic E-state index is 5.24. The molecule has 2 N–H and O–H groups in total. The summed E-state index contributed by atoms with van der Waals surface area (Å²) in [6.45, 7) is 9.12. The molecule has 3 nitrogen and oxygen atoms in total. The van der Waals surface area contributed by atoms with Gasteiger partial charge < -0.3 is 14.5 Å². The van der Waals surface area contributed by atoms with Crippen LogP contribution in [0.2, 0.25) is 0 Å². The van der Waals surface area contributed by atoms with Crippen molar-refractivity contribution in [2.24, 2.45) is 5.92 Å². The molecule has 2 fully saturated rings. The lowest BCUT2D eigenvalue weighted by atomic mass is 9.95. The van der Waals surface area contributed by atoms with Crippen molar-refractivity contribution in [2.45, 2.75) is 45.2 Å². The highest BCUT2D eigenvalue weighted by molar-refractivity contribution is 5.26. The zero-order chi connectivity index (χ0) is 15.4. The van der Waals surface area contributed by atoms with Crippen LogP contribution in [0.5, 0.6) is 5.75 Å². The Kier molecular flexibility index (Phi) is 5.37. The largest absolute Gasteiger partial charge is 0.497 e. The first-order valence-corrected chi connectivity index (χ1v) is 9.05. The predicted molar refractivity (Wildman–Crippen MR) is 89.5 cm³/mol. The summed E-state index contributed by atoms with van der Waals surface area (Å²) in [4.78, 5) is 3.66. The number of ether oxygens (including phenoxy) is 1. The highest BCUT2D eigenvalue weighted by atomic mass is 16.5. The maximum Gasteiger partial charge on any atom is 0.118 e. The van der Waals surface area contributed by atoms with E-state index in [2.05, 4.69) is 31.2 Å². The van der Waals surface area contributed by atoms with E-state index >= 15 is 0 Å². The van der Waals surface area contributed by atoms with Gasteiger partial charge in [0.05, 0.1) is 39.3 Å². The Hall–Kier alpha value is -1.06. The molecule has 2 saturated heterocycles. The lowest BCUT2D eigenvalue weighted by Gasteiger charge is -2.37. The Morgan fingerprint density at radius 1 is 1.05 bits per heavy atom. The van der Waals surface area contributed by atoms with Gasteiger partial charge in [-0.15, -0.1) is 0 Å². The zero-order valence-electron chi connectivity index (χ0n) is 14.2. The first kappa shape index (κ1) is 15.8. The Labute approximate surface area is 135 Å². The molecule has 0 aliphatic carbocycles. The van der Waals surface area contributed by atoms with Crippen LogP contribution in [0.1, 0.15) is 38.2 Å². The van der Waals surface area contributed by atoms with Crippen molar-refractivity contribution < 1.29 is 14.5 Å². The topological polar surface area (TPSA) is 18.1 Å². The Bertz CT molecular complexity index is 451. The molecule has 2 aliphatic rings. The minimum atomic E-state index is 0.933. The molecule has 3 rings (SSSR count). The number of benzene rings is 1. The van der Waals surface area contributed by atoms with Crippen molar-refractivity contribution in [3.05, 3.63) is 29.8 Å². The number of rotatable bonds is 4. The first-order valence-electron chi connectivity index (χ1n) is 9.05. The van der Waals surface area contributed by atoms with E-state index in [0.29, 0.717) is 0 Å². The van der Waals surface area contributed by atoms with Crippen molar-refractivity contribution in [3.63, 3.8) is 0 Å². The molecule has 2 heterocycles. The van der Waals surface area contributed by atoms with Crippen molar-refractivity contribution in [3.8, 4) is 5.75 Å². The second kappa shape index (κ2) is 7.47. The van der Waals surface area contributed by atoms with E-state index in [1.165, 1.54) is 64.0 Å². The van der Waals surface area contributed by atoms with Crippen LogP contribution in [0.3, 0.4) is 0 Å². The molecule has 3 heteroatoms. The quantitative estimate of drug-likeness (QED) is 0.832. The molecule has 0 saturated carbocycles. The number of likely N-dealkylation sites (tertiary alicyclic amines) is 2. The smallest absolute Gasteiger partial charge is 0.118 e. The predicted octanol–water partition coefficient (Wildman–Crippen LogP) is 0.557. The summed E-state index contributed by atoms with van der Waals surface area (Å²) in [6, 6.07) is 9.54. The van der Waals surface area contributed by atoms with Gasteiger partial charge in [0, 0.05) is 24.3 Å². The standard InChI is InChI=1S/C19H30N2O/c1-16-4-3-11-21(14-16)18-9-12-20(13-10-18)15-17-5-7-19(22-2)8-6-17/h5-8,16,18H,3-4,9-15H2,1-2H3/p+2. The fraction of sp³-hybridized carbons (Fsp3) is 0.684. The number of methoxy groups -OCH3 is 1. The highest BCUT2D eigenvalue weighted by Gasteiger charge is 2.32. The van der Waals surface area contributed by atoms with Crippen molar-refractivity contribution in [1.29, 1.82) is 0 Å². The van der Waals surface area contributed by atoms with Gasteiger partial charge in [-0.25, -0.2) is 0 Å². The normalized spacial score (nSPS) is 32.6. The molecule has 0 amide bonds. The van der Waals surface area contributed by atoms with Crippen LogP contribution in [0.25, 0.3) is 0 Å². The summed E-state index contributed by atoms with van der Waals surface area (Å²) in [6.07, 6.45) is 5.71. The molecular formula is C19H32N2O+2. The van der Waals surface area contributed by atoms with Gasteiger partial charge in [0.15, 0.2) is 0 Å². The Morgan fingerprint density at radius 3 is 2.41 bits per heavy atom. The third kappa shape index (κ3) is 4.02. The van der Waals surface area contributed by atoms with Crippen LogP contribution in [0.4, 0.5) is 0 Å². The summed E-state index contributed by atoms with van der Waals surface area (Å²) in [7, 11) is 1.73. The molecule has 2 atom stereocenters. The van der Waals surface area contributed by atoms with E-state index in [4.69, 9.17) is 4.74 Å². The van der Waals surface area contributed by atoms with E-state index in [1.807, 2.05) is 4.90 Å². The van der Waals surface area contributed by atoms with Crippen LogP contribution in [0, 0.1) is 5.92 Å². The lowest BCUT2D eigenvalue weighted by Crippen LogP contribution is -3.21. The minimum Gasteiger partial charge on any atom is -0.497 e.